The average Bonchev–Trinajstić information content (AvgIpc) is 2.55. The Bertz CT molecular complexity index is 722. The molecular weight excluding hydrogens is 320 g/mol. The van der Waals surface area contributed by atoms with E-state index in [2.05, 4.69) is 26.5 Å². The zero-order valence-electron chi connectivity index (χ0n) is 14.6. The summed E-state index contributed by atoms with van der Waals surface area (Å²) in [6.45, 7) is 4.51. The van der Waals surface area contributed by atoms with Crippen LogP contribution in [0.2, 0.25) is 0 Å². The number of aryl methyl sites for hydroxylation is 1. The molecular formula is C20H26O3S. The number of rotatable bonds is 8. The maximum atomic E-state index is 12.5. The second-order valence-electron chi connectivity index (χ2n) is 6.53. The van der Waals surface area contributed by atoms with Crippen molar-refractivity contribution in [1.29, 1.82) is 0 Å². The summed E-state index contributed by atoms with van der Waals surface area (Å²) in [6, 6.07) is 7.85. The van der Waals surface area contributed by atoms with Crippen molar-refractivity contribution in [3.63, 3.8) is 0 Å². The fourth-order valence-corrected chi connectivity index (χ4v) is 3.37. The molecule has 130 valence electrons. The van der Waals surface area contributed by atoms with Gasteiger partial charge in [0, 0.05) is 24.2 Å². The van der Waals surface area contributed by atoms with Crippen LogP contribution in [0.1, 0.15) is 41.8 Å². The quantitative estimate of drug-likeness (QED) is 0.559. The predicted molar refractivity (Wildman–Crippen MR) is 101 cm³/mol. The molecule has 0 aliphatic rings. The van der Waals surface area contributed by atoms with E-state index in [-0.39, 0.29) is 19.0 Å². The van der Waals surface area contributed by atoms with Crippen LogP contribution in [-0.4, -0.2) is 31.2 Å². The van der Waals surface area contributed by atoms with Crippen molar-refractivity contribution in [3.05, 3.63) is 41.0 Å². The number of benzene rings is 2. The largest absolute Gasteiger partial charge is 0.396 e. The number of Topliss-reactive ketones (excluding diaryl/α,β-unsaturated/α-hetero) is 1. The lowest BCUT2D eigenvalue weighted by atomic mass is 9.90. The molecule has 0 aliphatic carbocycles. The minimum absolute atomic E-state index is 0.0453. The smallest absolute Gasteiger partial charge is 0.189 e. The molecule has 4 heteroatoms. The van der Waals surface area contributed by atoms with Crippen molar-refractivity contribution in [3.8, 4) is 0 Å². The van der Waals surface area contributed by atoms with Crippen molar-refractivity contribution in [2.45, 2.75) is 38.0 Å². The Morgan fingerprint density at radius 2 is 1.79 bits per heavy atom. The lowest BCUT2D eigenvalue weighted by Gasteiger charge is -2.16. The first-order valence-corrected chi connectivity index (χ1v) is 8.83. The molecule has 0 unspecified atom stereocenters. The van der Waals surface area contributed by atoms with Crippen molar-refractivity contribution in [2.24, 2.45) is 5.92 Å². The summed E-state index contributed by atoms with van der Waals surface area (Å²) < 4.78 is 5.03. The van der Waals surface area contributed by atoms with E-state index < -0.39 is 0 Å². The van der Waals surface area contributed by atoms with Crippen LogP contribution >= 0.6 is 12.6 Å². The first kappa shape index (κ1) is 19.0. The molecule has 0 fully saturated rings. The summed E-state index contributed by atoms with van der Waals surface area (Å²) in [5, 5.41) is 11.3. The molecule has 2 rings (SSSR count). The molecule has 3 nitrogen and oxygen atoms in total. The minimum atomic E-state index is -0.0453. The SMILES string of the molecule is COCC(=O)c1ccc(CCC(C)C)c2c(S)ccc(CCO)c12. The number of hydrogen-bond donors (Lipinski definition) is 2. The molecule has 0 saturated heterocycles. The van der Waals surface area contributed by atoms with E-state index in [4.69, 9.17) is 4.74 Å². The van der Waals surface area contributed by atoms with Gasteiger partial charge in [-0.2, -0.15) is 0 Å². The highest BCUT2D eigenvalue weighted by Gasteiger charge is 2.17. The van der Waals surface area contributed by atoms with Gasteiger partial charge >= 0.3 is 0 Å². The van der Waals surface area contributed by atoms with Crippen molar-refractivity contribution in [2.75, 3.05) is 20.3 Å². The Labute approximate surface area is 149 Å². The maximum Gasteiger partial charge on any atom is 0.189 e. The number of carbonyl (C=O) groups is 1. The van der Waals surface area contributed by atoms with E-state index in [1.807, 2.05) is 24.3 Å². The second-order valence-corrected chi connectivity index (χ2v) is 7.01. The number of ether oxygens (including phenoxy) is 1. The van der Waals surface area contributed by atoms with Gasteiger partial charge in [-0.3, -0.25) is 4.79 Å². The number of thiol groups is 1. The number of fused-ring (bicyclic) bond motifs is 1. The zero-order chi connectivity index (χ0) is 17.7. The molecule has 0 atom stereocenters. The van der Waals surface area contributed by atoms with Crippen LogP contribution in [0.5, 0.6) is 0 Å². The van der Waals surface area contributed by atoms with Gasteiger partial charge in [0.15, 0.2) is 5.78 Å². The summed E-state index contributed by atoms with van der Waals surface area (Å²) in [6.07, 6.45) is 2.55. The Morgan fingerprint density at radius 3 is 2.42 bits per heavy atom. The number of methoxy groups -OCH3 is 1. The minimum Gasteiger partial charge on any atom is -0.396 e. The van der Waals surface area contributed by atoms with Gasteiger partial charge in [0.25, 0.3) is 0 Å². The number of aliphatic hydroxyl groups is 1. The fraction of sp³-hybridized carbons (Fsp3) is 0.450. The van der Waals surface area contributed by atoms with Crippen LogP contribution in [0, 0.1) is 5.92 Å². The molecule has 0 bridgehead atoms. The average molecular weight is 346 g/mol. The molecule has 0 spiro atoms. The van der Waals surface area contributed by atoms with E-state index in [1.54, 1.807) is 0 Å². The van der Waals surface area contributed by atoms with E-state index in [1.165, 1.54) is 12.7 Å². The number of ketones is 1. The van der Waals surface area contributed by atoms with E-state index in [0.29, 0.717) is 17.9 Å². The third kappa shape index (κ3) is 4.18. The van der Waals surface area contributed by atoms with Gasteiger partial charge in [0.1, 0.15) is 6.61 Å². The monoisotopic (exact) mass is 346 g/mol. The normalized spacial score (nSPS) is 11.4. The standard InChI is InChI=1S/C20H26O3S/c1-13(2)4-5-14-6-8-16(17(22)12-23-3)19-15(10-11-21)7-9-18(24)20(14)19/h6-9,13,21,24H,4-5,10-12H2,1-3H3. The molecule has 2 aromatic rings. The molecule has 0 radical (unpaired) electrons. The summed E-state index contributed by atoms with van der Waals surface area (Å²) in [5.74, 6) is 0.565. The molecule has 0 saturated carbocycles. The first-order chi connectivity index (χ1) is 11.5. The number of aliphatic hydroxyl groups excluding tert-OH is 1. The summed E-state index contributed by atoms with van der Waals surface area (Å²) in [5.41, 5.74) is 2.84. The van der Waals surface area contributed by atoms with Crippen LogP contribution in [0.25, 0.3) is 10.8 Å². The molecule has 24 heavy (non-hydrogen) atoms. The summed E-state index contributed by atoms with van der Waals surface area (Å²) in [7, 11) is 1.52. The third-order valence-corrected chi connectivity index (χ3v) is 4.63. The number of carbonyl (C=O) groups excluding carboxylic acids is 1. The predicted octanol–water partition coefficient (Wildman–Crippen LogP) is 4.08. The third-order valence-electron chi connectivity index (χ3n) is 4.26. The molecule has 2 aromatic carbocycles. The molecule has 0 amide bonds. The van der Waals surface area contributed by atoms with Crippen LogP contribution < -0.4 is 0 Å². The van der Waals surface area contributed by atoms with E-state index in [9.17, 15) is 9.90 Å². The second kappa shape index (κ2) is 8.65. The van der Waals surface area contributed by atoms with Crippen LogP contribution in [0.15, 0.2) is 29.2 Å². The van der Waals surface area contributed by atoms with Gasteiger partial charge in [0.05, 0.1) is 0 Å². The first-order valence-electron chi connectivity index (χ1n) is 8.39. The lowest BCUT2D eigenvalue weighted by molar-refractivity contribution is 0.0849. The Morgan fingerprint density at radius 1 is 1.12 bits per heavy atom. The molecule has 0 aromatic heterocycles. The van der Waals surface area contributed by atoms with E-state index >= 15 is 0 Å². The Kier molecular flexibility index (Phi) is 6.84. The highest BCUT2D eigenvalue weighted by molar-refractivity contribution is 7.80. The van der Waals surface area contributed by atoms with Crippen LogP contribution in [0.4, 0.5) is 0 Å². The van der Waals surface area contributed by atoms with Crippen molar-refractivity contribution >= 4 is 29.2 Å². The zero-order valence-corrected chi connectivity index (χ0v) is 15.5. The van der Waals surface area contributed by atoms with Crippen LogP contribution in [-0.2, 0) is 17.6 Å². The summed E-state index contributed by atoms with van der Waals surface area (Å²) in [4.78, 5) is 13.4. The van der Waals surface area contributed by atoms with Gasteiger partial charge in [-0.1, -0.05) is 32.0 Å². The van der Waals surface area contributed by atoms with E-state index in [0.717, 1.165) is 34.1 Å². The molecule has 0 heterocycles. The van der Waals surface area contributed by atoms with Crippen LogP contribution in [0.3, 0.4) is 0 Å². The summed E-state index contributed by atoms with van der Waals surface area (Å²) >= 11 is 4.64. The van der Waals surface area contributed by atoms with Gasteiger partial charge < -0.3 is 9.84 Å². The highest BCUT2D eigenvalue weighted by Crippen LogP contribution is 2.33. The fourth-order valence-electron chi connectivity index (χ4n) is 3.04. The lowest BCUT2D eigenvalue weighted by Crippen LogP contribution is -2.10. The maximum absolute atomic E-state index is 12.5. The van der Waals surface area contributed by atoms with Crippen molar-refractivity contribution < 1.29 is 14.6 Å². The van der Waals surface area contributed by atoms with Gasteiger partial charge in [0.2, 0.25) is 0 Å². The molecule has 0 aliphatic heterocycles. The Balaban J connectivity index is 2.69. The van der Waals surface area contributed by atoms with Gasteiger partial charge in [-0.25, -0.2) is 0 Å². The topological polar surface area (TPSA) is 46.5 Å². The Hall–Kier alpha value is -1.36. The van der Waals surface area contributed by atoms with Gasteiger partial charge in [-0.15, -0.1) is 12.6 Å². The van der Waals surface area contributed by atoms with Gasteiger partial charge in [-0.05, 0) is 53.1 Å². The number of hydrogen-bond acceptors (Lipinski definition) is 4. The molecule has 1 N–H and O–H groups in total. The highest BCUT2D eigenvalue weighted by atomic mass is 32.1. The van der Waals surface area contributed by atoms with Crippen molar-refractivity contribution in [1.82, 2.24) is 0 Å².